The molecule has 0 saturated heterocycles. The van der Waals surface area contributed by atoms with Gasteiger partial charge in [-0.25, -0.2) is 17.5 Å². The molecule has 132 valence electrons. The van der Waals surface area contributed by atoms with Crippen LogP contribution in [-0.4, -0.2) is 38.5 Å². The van der Waals surface area contributed by atoms with Crippen molar-refractivity contribution in [3.63, 3.8) is 0 Å². The molecule has 0 aliphatic heterocycles. The summed E-state index contributed by atoms with van der Waals surface area (Å²) >= 11 is 0. The molecule has 0 bridgehead atoms. The number of aliphatic hydroxyl groups is 1. The third kappa shape index (κ3) is 4.78. The third-order valence-corrected chi connectivity index (χ3v) is 4.26. The number of hydrogen-bond donors (Lipinski definition) is 2. The average molecular weight is 369 g/mol. The van der Waals surface area contributed by atoms with Crippen molar-refractivity contribution < 1.29 is 44.3 Å². The summed E-state index contributed by atoms with van der Waals surface area (Å²) in [5.41, 5.74) is 0. The zero-order chi connectivity index (χ0) is 18.1. The minimum absolute atomic E-state index is 0.655. The van der Waals surface area contributed by atoms with Gasteiger partial charge in [0.05, 0.1) is 12.6 Å². The Morgan fingerprint density at radius 3 is 1.91 bits per heavy atom. The van der Waals surface area contributed by atoms with Crippen LogP contribution in [0.5, 0.6) is 0 Å². The van der Waals surface area contributed by atoms with Crippen molar-refractivity contribution in [2.75, 3.05) is 6.61 Å². The normalized spacial score (nSPS) is 15.0. The zero-order valence-corrected chi connectivity index (χ0v) is 11.8. The molecule has 1 aromatic rings. The fourth-order valence-electron chi connectivity index (χ4n) is 1.78. The van der Waals surface area contributed by atoms with Crippen molar-refractivity contribution in [3.8, 4) is 0 Å². The number of halogens is 7. The molecule has 2 N–H and O–H groups in total. The van der Waals surface area contributed by atoms with E-state index in [-0.39, 0.29) is 0 Å². The molecule has 4 nitrogen and oxygen atoms in total. The first kappa shape index (κ1) is 19.6. The standard InChI is InChI=1S/C11H10F7NO3S/c12-6-3-1-2-4-8(6)23(21,22)19-7(5-20)9(10(13,14)15)11(16,17)18/h1-4,7,9,19-20H,5H2. The fourth-order valence-corrected chi connectivity index (χ4v) is 3.10. The Balaban J connectivity index is 3.24. The summed E-state index contributed by atoms with van der Waals surface area (Å²) in [6.07, 6.45) is -11.7. The largest absolute Gasteiger partial charge is 0.402 e. The fraction of sp³-hybridized carbons (Fsp3) is 0.455. The lowest BCUT2D eigenvalue weighted by Crippen LogP contribution is -2.54. The molecule has 23 heavy (non-hydrogen) atoms. The Hall–Kier alpha value is -1.40. The van der Waals surface area contributed by atoms with Crippen molar-refractivity contribution in [1.29, 1.82) is 0 Å². The predicted octanol–water partition coefficient (Wildman–Crippen LogP) is 2.21. The van der Waals surface area contributed by atoms with E-state index in [2.05, 4.69) is 0 Å². The van der Waals surface area contributed by atoms with E-state index in [0.717, 1.165) is 16.9 Å². The van der Waals surface area contributed by atoms with Crippen LogP contribution in [0, 0.1) is 11.7 Å². The number of aliphatic hydroxyl groups excluding tert-OH is 1. The molecule has 0 aromatic heterocycles. The summed E-state index contributed by atoms with van der Waals surface area (Å²) in [6, 6.07) is 0.456. The van der Waals surface area contributed by atoms with Crippen LogP contribution in [0.1, 0.15) is 0 Å². The second-order valence-electron chi connectivity index (χ2n) is 4.40. The van der Waals surface area contributed by atoms with E-state index in [4.69, 9.17) is 5.11 Å². The Morgan fingerprint density at radius 1 is 1.04 bits per heavy atom. The molecule has 0 heterocycles. The SMILES string of the molecule is O=S(=O)(NC(CO)C(C(F)(F)F)C(F)(F)F)c1ccccc1F. The highest BCUT2D eigenvalue weighted by molar-refractivity contribution is 7.89. The van der Waals surface area contributed by atoms with Crippen LogP contribution < -0.4 is 4.72 Å². The highest BCUT2D eigenvalue weighted by atomic mass is 32.2. The summed E-state index contributed by atoms with van der Waals surface area (Å²) in [7, 11) is -5.05. The Kier molecular flexibility index (Phi) is 5.65. The van der Waals surface area contributed by atoms with Crippen molar-refractivity contribution in [2.24, 2.45) is 5.92 Å². The van der Waals surface area contributed by atoms with Gasteiger partial charge in [0.2, 0.25) is 10.0 Å². The number of nitrogens with one attached hydrogen (secondary N) is 1. The first-order valence-electron chi connectivity index (χ1n) is 5.82. The average Bonchev–Trinajstić information content (AvgIpc) is 2.34. The van der Waals surface area contributed by atoms with Crippen LogP contribution in [0.2, 0.25) is 0 Å². The van der Waals surface area contributed by atoms with Crippen LogP contribution >= 0.6 is 0 Å². The smallest absolute Gasteiger partial charge is 0.395 e. The van der Waals surface area contributed by atoms with Crippen molar-refractivity contribution in [2.45, 2.75) is 23.3 Å². The van der Waals surface area contributed by atoms with Gasteiger partial charge in [0, 0.05) is 0 Å². The highest BCUT2D eigenvalue weighted by Gasteiger charge is 2.60. The second-order valence-corrected chi connectivity index (χ2v) is 6.08. The van der Waals surface area contributed by atoms with Gasteiger partial charge in [-0.2, -0.15) is 26.3 Å². The Labute approximate surface area is 126 Å². The minimum Gasteiger partial charge on any atom is -0.395 e. The quantitative estimate of drug-likeness (QED) is 0.783. The molecule has 0 radical (unpaired) electrons. The molecule has 1 atom stereocenters. The van der Waals surface area contributed by atoms with Crippen molar-refractivity contribution in [3.05, 3.63) is 30.1 Å². The van der Waals surface area contributed by atoms with Crippen LogP contribution in [0.25, 0.3) is 0 Å². The maximum absolute atomic E-state index is 13.4. The van der Waals surface area contributed by atoms with Crippen LogP contribution in [0.15, 0.2) is 29.2 Å². The van der Waals surface area contributed by atoms with Crippen molar-refractivity contribution >= 4 is 10.0 Å². The van der Waals surface area contributed by atoms with E-state index in [1.54, 1.807) is 0 Å². The van der Waals surface area contributed by atoms with Gasteiger partial charge in [-0.15, -0.1) is 0 Å². The van der Waals surface area contributed by atoms with Crippen LogP contribution in [-0.2, 0) is 10.0 Å². The van der Waals surface area contributed by atoms with E-state index in [0.29, 0.717) is 12.1 Å². The first-order chi connectivity index (χ1) is 10.3. The van der Waals surface area contributed by atoms with E-state index in [1.165, 1.54) is 0 Å². The molecule has 0 saturated carbocycles. The van der Waals surface area contributed by atoms with E-state index in [1.807, 2.05) is 0 Å². The monoisotopic (exact) mass is 369 g/mol. The molecule has 0 spiro atoms. The van der Waals surface area contributed by atoms with Gasteiger partial charge >= 0.3 is 12.4 Å². The number of alkyl halides is 6. The van der Waals surface area contributed by atoms with Gasteiger partial charge in [0.25, 0.3) is 0 Å². The number of sulfonamides is 1. The topological polar surface area (TPSA) is 66.4 Å². The van der Waals surface area contributed by atoms with E-state index in [9.17, 15) is 39.2 Å². The number of rotatable bonds is 5. The molecule has 0 aliphatic rings. The summed E-state index contributed by atoms with van der Waals surface area (Å²) < 4.78 is 113. The van der Waals surface area contributed by atoms with Gasteiger partial charge in [0.1, 0.15) is 10.7 Å². The summed E-state index contributed by atoms with van der Waals surface area (Å²) in [5.74, 6) is -5.52. The summed E-state index contributed by atoms with van der Waals surface area (Å²) in [6.45, 7) is -1.79. The number of hydrogen-bond acceptors (Lipinski definition) is 3. The predicted molar refractivity (Wildman–Crippen MR) is 63.2 cm³/mol. The van der Waals surface area contributed by atoms with E-state index < -0.39 is 51.7 Å². The molecule has 1 unspecified atom stereocenters. The number of benzene rings is 1. The molecule has 0 aliphatic carbocycles. The molecule has 12 heteroatoms. The second kappa shape index (κ2) is 6.61. The Morgan fingerprint density at radius 2 is 1.52 bits per heavy atom. The highest BCUT2D eigenvalue weighted by Crippen LogP contribution is 2.41. The summed E-state index contributed by atoms with van der Waals surface area (Å²) in [5, 5.41) is 8.78. The zero-order valence-electron chi connectivity index (χ0n) is 11.0. The molecule has 1 rings (SSSR count). The lowest BCUT2D eigenvalue weighted by atomic mass is 10.00. The third-order valence-electron chi connectivity index (χ3n) is 2.74. The maximum atomic E-state index is 13.4. The molecular formula is C11H10F7NO3S. The first-order valence-corrected chi connectivity index (χ1v) is 7.30. The van der Waals surface area contributed by atoms with Gasteiger partial charge < -0.3 is 5.11 Å². The molecule has 1 aromatic carbocycles. The molecule has 0 fully saturated rings. The lowest BCUT2D eigenvalue weighted by molar-refractivity contribution is -0.292. The Bertz CT molecular complexity index is 628. The lowest BCUT2D eigenvalue weighted by Gasteiger charge is -2.29. The molecule has 0 amide bonds. The van der Waals surface area contributed by atoms with Gasteiger partial charge in [-0.3, -0.25) is 0 Å². The van der Waals surface area contributed by atoms with Gasteiger partial charge in [0.15, 0.2) is 5.92 Å². The minimum atomic E-state index is -5.87. The van der Waals surface area contributed by atoms with Crippen LogP contribution in [0.4, 0.5) is 30.7 Å². The van der Waals surface area contributed by atoms with Crippen LogP contribution in [0.3, 0.4) is 0 Å². The molecular weight excluding hydrogens is 359 g/mol. The van der Waals surface area contributed by atoms with Gasteiger partial charge in [-0.05, 0) is 12.1 Å². The summed E-state index contributed by atoms with van der Waals surface area (Å²) in [4.78, 5) is -1.14. The van der Waals surface area contributed by atoms with E-state index >= 15 is 0 Å². The van der Waals surface area contributed by atoms with Crippen molar-refractivity contribution in [1.82, 2.24) is 4.72 Å². The van der Waals surface area contributed by atoms with Gasteiger partial charge in [-0.1, -0.05) is 12.1 Å². The maximum Gasteiger partial charge on any atom is 0.402 e.